The Labute approximate surface area is 209 Å². The number of rotatable bonds is 5. The first-order chi connectivity index (χ1) is 16.9. The maximum Gasteiger partial charge on any atom is 0.410 e. The Morgan fingerprint density at radius 1 is 1.03 bits per heavy atom. The van der Waals surface area contributed by atoms with Crippen LogP contribution in [-0.4, -0.2) is 42.7 Å². The molecule has 2 aliphatic heterocycles. The highest BCUT2D eigenvalue weighted by molar-refractivity contribution is 5.81. The van der Waals surface area contributed by atoms with E-state index in [-0.39, 0.29) is 24.6 Å². The van der Waals surface area contributed by atoms with E-state index in [2.05, 4.69) is 15.0 Å². The summed E-state index contributed by atoms with van der Waals surface area (Å²) in [5, 5.41) is 0. The number of H-pyrrole nitrogens is 1. The van der Waals surface area contributed by atoms with Crippen molar-refractivity contribution < 1.29 is 9.53 Å². The molecule has 0 unspecified atom stereocenters. The Kier molecular flexibility index (Phi) is 6.67. The fraction of sp³-hybridized carbons (Fsp3) is 0.370. The van der Waals surface area contributed by atoms with Gasteiger partial charge >= 0.3 is 11.8 Å². The average Bonchev–Trinajstić information content (AvgIpc) is 2.77. The summed E-state index contributed by atoms with van der Waals surface area (Å²) in [7, 11) is 0. The molecule has 0 aromatic heterocycles. The molecule has 0 radical (unpaired) electrons. The van der Waals surface area contributed by atoms with Crippen molar-refractivity contribution in [3.63, 3.8) is 0 Å². The molecule has 1 amide bonds. The molecule has 1 N–H and O–H groups in total. The van der Waals surface area contributed by atoms with Gasteiger partial charge in [0.05, 0.1) is 11.0 Å². The van der Waals surface area contributed by atoms with Crippen LogP contribution in [0.15, 0.2) is 46.0 Å². The number of ether oxygens (including phenoxy) is 1. The number of hydrogen-bond donors (Lipinski definition) is 1. The molecule has 4 rings (SSSR count). The molecule has 0 aliphatic carbocycles. The molecule has 2 aliphatic rings. The van der Waals surface area contributed by atoms with Gasteiger partial charge in [-0.05, 0) is 70.4 Å². The number of carbonyl (C=O) groups is 1. The summed E-state index contributed by atoms with van der Waals surface area (Å²) in [4.78, 5) is 50.2. The molecule has 0 bridgehead atoms. The molecular weight excluding hydrogens is 458 g/mol. The zero-order valence-electron chi connectivity index (χ0n) is 21.5. The van der Waals surface area contributed by atoms with E-state index >= 15 is 0 Å². The number of nitrogens with one attached hydrogen (secondary N) is 1. The summed E-state index contributed by atoms with van der Waals surface area (Å²) in [6.45, 7) is 12.3. The minimum absolute atomic E-state index is 0.0766. The van der Waals surface area contributed by atoms with Crippen LogP contribution >= 0.6 is 0 Å². The van der Waals surface area contributed by atoms with Gasteiger partial charge in [-0.1, -0.05) is 29.8 Å². The molecule has 9 heteroatoms. The monoisotopic (exact) mass is 489 g/mol. The minimum atomic E-state index is -0.741. The number of nitrogens with zero attached hydrogens (tertiary/aromatic N) is 4. The van der Waals surface area contributed by atoms with Crippen LogP contribution in [0.3, 0.4) is 0 Å². The first-order valence-electron chi connectivity index (χ1n) is 11.9. The molecule has 0 atom stereocenters. The quantitative estimate of drug-likeness (QED) is 0.425. The summed E-state index contributed by atoms with van der Waals surface area (Å²) in [6, 6.07) is 11.8. The van der Waals surface area contributed by atoms with Crippen LogP contribution < -0.4 is 11.2 Å². The number of fused-ring (bicyclic) bond motifs is 2. The van der Waals surface area contributed by atoms with Gasteiger partial charge in [-0.15, -0.1) is 0 Å². The van der Waals surface area contributed by atoms with Crippen LogP contribution in [0, 0.1) is 20.8 Å². The van der Waals surface area contributed by atoms with Gasteiger partial charge in [0.25, 0.3) is 5.56 Å². The number of benzene rings is 2. The van der Waals surface area contributed by atoms with E-state index in [1.54, 1.807) is 9.47 Å². The third-order valence-electron chi connectivity index (χ3n) is 5.96. The second-order valence-electron chi connectivity index (χ2n) is 10.1. The van der Waals surface area contributed by atoms with Crippen LogP contribution in [0.4, 0.5) is 4.79 Å². The highest BCUT2D eigenvalue weighted by Crippen LogP contribution is 2.24. The molecule has 9 nitrogen and oxygen atoms in total. The van der Waals surface area contributed by atoms with Crippen LogP contribution in [-0.2, 0) is 17.8 Å². The molecule has 0 fully saturated rings. The second kappa shape index (κ2) is 9.56. The third-order valence-corrected chi connectivity index (χ3v) is 5.96. The summed E-state index contributed by atoms with van der Waals surface area (Å²) in [6.07, 6.45) is -0.450. The Morgan fingerprint density at radius 3 is 2.36 bits per heavy atom. The van der Waals surface area contributed by atoms with Gasteiger partial charge in [0.15, 0.2) is 11.5 Å². The summed E-state index contributed by atoms with van der Waals surface area (Å²) in [5.41, 5.74) is 3.57. The Bertz CT molecular complexity index is 1510. The molecule has 36 heavy (non-hydrogen) atoms. The molecule has 0 saturated heterocycles. The lowest BCUT2D eigenvalue weighted by Crippen LogP contribution is -2.38. The number of aromatic amines is 1. The zero-order valence-corrected chi connectivity index (χ0v) is 21.5. The Balaban J connectivity index is 1.78. The first kappa shape index (κ1) is 25.1. The van der Waals surface area contributed by atoms with E-state index in [0.29, 0.717) is 12.1 Å². The van der Waals surface area contributed by atoms with Crippen molar-refractivity contribution in [3.8, 4) is 11.5 Å². The lowest BCUT2D eigenvalue weighted by atomic mass is 10.1. The fourth-order valence-electron chi connectivity index (χ4n) is 3.97. The van der Waals surface area contributed by atoms with E-state index in [0.717, 1.165) is 27.8 Å². The molecule has 0 spiro atoms. The van der Waals surface area contributed by atoms with Crippen LogP contribution in [0.5, 0.6) is 0 Å². The standard InChI is InChI=1S/C27H31N5O4/c1-16-7-9-19(10-8-16)15-31(26(35)36-27(4,5)6)11-12-32-21-14-18(3)17(2)13-20(21)28-22-23(32)29-25(34)30-24(22)33/h7-10,13-14H,11-12,15H2,1-6H3,(H,30,33,34). The lowest BCUT2D eigenvalue weighted by molar-refractivity contribution is 0.0227. The smallest absolute Gasteiger partial charge is 0.410 e. The van der Waals surface area contributed by atoms with Crippen LogP contribution in [0.1, 0.15) is 43.0 Å². The van der Waals surface area contributed by atoms with Crippen LogP contribution in [0.2, 0.25) is 0 Å². The number of amides is 1. The van der Waals surface area contributed by atoms with Gasteiger partial charge in [0, 0.05) is 19.6 Å². The van der Waals surface area contributed by atoms with Crippen molar-refractivity contribution >= 4 is 17.1 Å². The Hall–Kier alpha value is -4.01. The number of aromatic nitrogens is 4. The maximum atomic E-state index is 13.1. The fourth-order valence-corrected chi connectivity index (χ4v) is 3.97. The van der Waals surface area contributed by atoms with Crippen molar-refractivity contribution in [1.29, 1.82) is 0 Å². The zero-order chi connectivity index (χ0) is 26.2. The van der Waals surface area contributed by atoms with E-state index in [9.17, 15) is 14.4 Å². The lowest BCUT2D eigenvalue weighted by Gasteiger charge is -2.28. The predicted octanol–water partition coefficient (Wildman–Crippen LogP) is 3.95. The van der Waals surface area contributed by atoms with Crippen LogP contribution in [0.25, 0.3) is 22.6 Å². The number of aryl methyl sites for hydroxylation is 3. The molecule has 2 aromatic rings. The second-order valence-corrected chi connectivity index (χ2v) is 10.1. The topological polar surface area (TPSA) is 110 Å². The van der Waals surface area contributed by atoms with E-state index in [4.69, 9.17) is 4.74 Å². The van der Waals surface area contributed by atoms with Gasteiger partial charge in [-0.3, -0.25) is 9.78 Å². The van der Waals surface area contributed by atoms with Gasteiger partial charge < -0.3 is 14.2 Å². The SMILES string of the molecule is Cc1ccc(CN(CCn2c3nc(=O)[nH]c(=O)c-3nc3cc(C)c(C)cc32)C(=O)OC(C)(C)C)cc1. The van der Waals surface area contributed by atoms with Gasteiger partial charge in [0.2, 0.25) is 0 Å². The van der Waals surface area contributed by atoms with Crippen molar-refractivity contribution in [2.24, 2.45) is 0 Å². The predicted molar refractivity (Wildman–Crippen MR) is 138 cm³/mol. The van der Waals surface area contributed by atoms with Gasteiger partial charge in [0.1, 0.15) is 5.60 Å². The summed E-state index contributed by atoms with van der Waals surface area (Å²) in [5.74, 6) is 0.180. The van der Waals surface area contributed by atoms with Gasteiger partial charge in [-0.2, -0.15) is 4.98 Å². The number of carbonyl (C=O) groups excluding carboxylic acids is 1. The highest BCUT2D eigenvalue weighted by Gasteiger charge is 2.24. The van der Waals surface area contributed by atoms with Gasteiger partial charge in [-0.25, -0.2) is 14.6 Å². The number of hydrogen-bond acceptors (Lipinski definition) is 6. The van der Waals surface area contributed by atoms with Crippen molar-refractivity contribution in [2.75, 3.05) is 6.54 Å². The minimum Gasteiger partial charge on any atom is -0.444 e. The maximum absolute atomic E-state index is 13.1. The van der Waals surface area contributed by atoms with Crippen molar-refractivity contribution in [3.05, 3.63) is 79.5 Å². The summed E-state index contributed by atoms with van der Waals surface area (Å²) >= 11 is 0. The summed E-state index contributed by atoms with van der Waals surface area (Å²) < 4.78 is 7.46. The molecule has 0 saturated carbocycles. The van der Waals surface area contributed by atoms with Crippen molar-refractivity contribution in [2.45, 2.75) is 60.2 Å². The van der Waals surface area contributed by atoms with E-state index in [1.807, 2.05) is 77.9 Å². The first-order valence-corrected chi connectivity index (χ1v) is 11.9. The van der Waals surface area contributed by atoms with Crippen molar-refractivity contribution in [1.82, 2.24) is 24.4 Å². The average molecular weight is 490 g/mol. The van der Waals surface area contributed by atoms with E-state index < -0.39 is 22.9 Å². The molecule has 2 aromatic carbocycles. The third kappa shape index (κ3) is 5.45. The van der Waals surface area contributed by atoms with E-state index in [1.165, 1.54) is 0 Å². The molecular formula is C27H31N5O4. The highest BCUT2D eigenvalue weighted by atomic mass is 16.6. The largest absolute Gasteiger partial charge is 0.444 e. The molecule has 2 heterocycles. The normalized spacial score (nSPS) is 11.7. The Morgan fingerprint density at radius 2 is 1.69 bits per heavy atom. The molecule has 188 valence electrons.